The molecule has 0 aromatic carbocycles. The van der Waals surface area contributed by atoms with Crippen LogP contribution in [0.3, 0.4) is 0 Å². The third-order valence-corrected chi connectivity index (χ3v) is 5.23. The first-order valence-electron chi connectivity index (χ1n) is 6.54. The molecule has 2 aromatic heterocycles. The lowest BCUT2D eigenvalue weighted by Crippen LogP contribution is -2.34. The molecular formula is C13H20N4O2S2. The highest BCUT2D eigenvalue weighted by atomic mass is 32.2. The Morgan fingerprint density at radius 2 is 2.00 bits per heavy atom. The summed E-state index contributed by atoms with van der Waals surface area (Å²) in [5.41, 5.74) is 0.629. The summed E-state index contributed by atoms with van der Waals surface area (Å²) in [6.45, 7) is 8.03. The number of aryl methyl sites for hydroxylation is 2. The van der Waals surface area contributed by atoms with E-state index in [1.807, 2.05) is 33.1 Å². The molecule has 0 atom stereocenters. The van der Waals surface area contributed by atoms with Crippen molar-refractivity contribution in [2.24, 2.45) is 10.6 Å². The van der Waals surface area contributed by atoms with E-state index >= 15 is 0 Å². The van der Waals surface area contributed by atoms with Gasteiger partial charge in [-0.2, -0.15) is 0 Å². The zero-order valence-electron chi connectivity index (χ0n) is 12.6. The molecule has 0 bridgehead atoms. The number of rotatable bonds is 5. The summed E-state index contributed by atoms with van der Waals surface area (Å²) >= 11 is 1.58. The van der Waals surface area contributed by atoms with Crippen LogP contribution in [0.15, 0.2) is 5.38 Å². The van der Waals surface area contributed by atoms with Gasteiger partial charge in [-0.25, -0.2) is 23.5 Å². The Kier molecular flexibility index (Phi) is 4.23. The van der Waals surface area contributed by atoms with Crippen molar-refractivity contribution in [2.45, 2.75) is 27.7 Å². The van der Waals surface area contributed by atoms with Gasteiger partial charge < -0.3 is 5.32 Å². The molecule has 0 aliphatic carbocycles. The van der Waals surface area contributed by atoms with Gasteiger partial charge in [0.05, 0.1) is 11.1 Å². The molecule has 0 saturated carbocycles. The topological polar surface area (TPSA) is 98.0 Å². The Morgan fingerprint density at radius 3 is 2.62 bits per heavy atom. The SMILES string of the molecule is Cc1nc(NCC(C)(C)CS(N)(=O)=O)c2c(C)csc2n1. The van der Waals surface area contributed by atoms with Crippen LogP contribution in [-0.2, 0) is 10.0 Å². The summed E-state index contributed by atoms with van der Waals surface area (Å²) < 4.78 is 22.5. The van der Waals surface area contributed by atoms with Gasteiger partial charge >= 0.3 is 0 Å². The molecule has 0 amide bonds. The van der Waals surface area contributed by atoms with Crippen molar-refractivity contribution in [2.75, 3.05) is 17.6 Å². The number of nitrogens with two attached hydrogens (primary N) is 1. The van der Waals surface area contributed by atoms with Crippen molar-refractivity contribution in [3.8, 4) is 0 Å². The molecule has 3 N–H and O–H groups in total. The summed E-state index contributed by atoms with van der Waals surface area (Å²) in [5.74, 6) is 1.36. The fraction of sp³-hybridized carbons (Fsp3) is 0.538. The predicted octanol–water partition coefficient (Wildman–Crippen LogP) is 2.03. The van der Waals surface area contributed by atoms with Gasteiger partial charge in [0.15, 0.2) is 0 Å². The Hall–Kier alpha value is -1.25. The molecule has 0 saturated heterocycles. The van der Waals surface area contributed by atoms with E-state index in [1.54, 1.807) is 11.3 Å². The fourth-order valence-corrected chi connectivity index (χ4v) is 4.40. The number of hydrogen-bond acceptors (Lipinski definition) is 6. The minimum absolute atomic E-state index is 0.0805. The van der Waals surface area contributed by atoms with Crippen molar-refractivity contribution >= 4 is 37.4 Å². The lowest BCUT2D eigenvalue weighted by atomic mass is 9.96. The average molecular weight is 328 g/mol. The molecule has 6 nitrogen and oxygen atoms in total. The molecule has 0 radical (unpaired) electrons. The van der Waals surface area contributed by atoms with Crippen LogP contribution < -0.4 is 10.5 Å². The molecule has 0 aliphatic rings. The maximum absolute atomic E-state index is 11.3. The van der Waals surface area contributed by atoms with Crippen molar-refractivity contribution in [1.82, 2.24) is 9.97 Å². The van der Waals surface area contributed by atoms with E-state index in [1.165, 1.54) is 0 Å². The number of fused-ring (bicyclic) bond motifs is 1. The van der Waals surface area contributed by atoms with Crippen LogP contribution in [-0.4, -0.2) is 30.7 Å². The highest BCUT2D eigenvalue weighted by Crippen LogP contribution is 2.30. The Morgan fingerprint density at radius 1 is 1.33 bits per heavy atom. The first-order chi connectivity index (χ1) is 9.57. The summed E-state index contributed by atoms with van der Waals surface area (Å²) in [6, 6.07) is 0. The highest BCUT2D eigenvalue weighted by molar-refractivity contribution is 7.89. The number of anilines is 1. The third-order valence-electron chi connectivity index (χ3n) is 3.06. The number of sulfonamides is 1. The minimum atomic E-state index is -3.50. The summed E-state index contributed by atoms with van der Waals surface area (Å²) in [4.78, 5) is 9.79. The Labute approximate surface area is 128 Å². The Bertz CT molecular complexity index is 766. The molecule has 2 heterocycles. The summed E-state index contributed by atoms with van der Waals surface area (Å²) in [5, 5.41) is 11.4. The largest absolute Gasteiger partial charge is 0.369 e. The lowest BCUT2D eigenvalue weighted by molar-refractivity contribution is 0.438. The van der Waals surface area contributed by atoms with Crippen molar-refractivity contribution in [3.63, 3.8) is 0 Å². The molecule has 0 aliphatic heterocycles. The van der Waals surface area contributed by atoms with Crippen LogP contribution in [0.2, 0.25) is 0 Å². The third kappa shape index (κ3) is 4.12. The quantitative estimate of drug-likeness (QED) is 0.875. The molecule has 0 spiro atoms. The van der Waals surface area contributed by atoms with E-state index < -0.39 is 15.4 Å². The number of thiophene rings is 1. The second kappa shape index (κ2) is 5.51. The zero-order chi connectivity index (χ0) is 15.8. The van der Waals surface area contributed by atoms with Gasteiger partial charge in [0.1, 0.15) is 16.5 Å². The number of aromatic nitrogens is 2. The molecule has 2 rings (SSSR count). The van der Waals surface area contributed by atoms with Gasteiger partial charge in [-0.15, -0.1) is 11.3 Å². The van der Waals surface area contributed by atoms with Crippen LogP contribution in [0.25, 0.3) is 10.2 Å². The second-order valence-electron chi connectivity index (χ2n) is 6.04. The van der Waals surface area contributed by atoms with Crippen LogP contribution in [0.5, 0.6) is 0 Å². The molecule has 116 valence electrons. The maximum atomic E-state index is 11.3. The van der Waals surface area contributed by atoms with Crippen LogP contribution >= 0.6 is 11.3 Å². The smallest absolute Gasteiger partial charge is 0.209 e. The van der Waals surface area contributed by atoms with Crippen LogP contribution in [0.1, 0.15) is 25.2 Å². The molecule has 0 fully saturated rings. The predicted molar refractivity (Wildman–Crippen MR) is 87.1 cm³/mol. The molecule has 21 heavy (non-hydrogen) atoms. The molecule has 8 heteroatoms. The van der Waals surface area contributed by atoms with Crippen molar-refractivity contribution in [1.29, 1.82) is 0 Å². The maximum Gasteiger partial charge on any atom is 0.209 e. The number of hydrogen-bond donors (Lipinski definition) is 2. The van der Waals surface area contributed by atoms with Gasteiger partial charge in [-0.05, 0) is 30.2 Å². The average Bonchev–Trinajstić information content (AvgIpc) is 2.65. The second-order valence-corrected chi connectivity index (χ2v) is 8.52. The van der Waals surface area contributed by atoms with Crippen LogP contribution in [0, 0.1) is 19.3 Å². The van der Waals surface area contributed by atoms with Gasteiger partial charge in [-0.3, -0.25) is 0 Å². The number of nitrogens with one attached hydrogen (secondary N) is 1. The molecular weight excluding hydrogens is 308 g/mol. The Balaban J connectivity index is 2.26. The fourth-order valence-electron chi connectivity index (χ4n) is 2.24. The molecule has 2 aromatic rings. The molecule has 0 unspecified atom stereocenters. The van der Waals surface area contributed by atoms with Gasteiger partial charge in [0, 0.05) is 6.54 Å². The highest BCUT2D eigenvalue weighted by Gasteiger charge is 2.24. The van der Waals surface area contributed by atoms with E-state index in [9.17, 15) is 8.42 Å². The van der Waals surface area contributed by atoms with Gasteiger partial charge in [0.2, 0.25) is 10.0 Å². The summed E-state index contributed by atoms with van der Waals surface area (Å²) in [6.07, 6.45) is 0. The van der Waals surface area contributed by atoms with Gasteiger partial charge in [-0.1, -0.05) is 13.8 Å². The van der Waals surface area contributed by atoms with E-state index in [0.29, 0.717) is 12.4 Å². The van der Waals surface area contributed by atoms with Crippen molar-refractivity contribution < 1.29 is 8.42 Å². The first kappa shape index (κ1) is 16.1. The zero-order valence-corrected chi connectivity index (χ0v) is 14.2. The normalized spacial score (nSPS) is 12.8. The van der Waals surface area contributed by atoms with Crippen molar-refractivity contribution in [3.05, 3.63) is 16.8 Å². The minimum Gasteiger partial charge on any atom is -0.369 e. The van der Waals surface area contributed by atoms with E-state index in [2.05, 4.69) is 15.3 Å². The number of nitrogens with zero attached hydrogens (tertiary/aromatic N) is 2. The summed E-state index contributed by atoms with van der Waals surface area (Å²) in [7, 11) is -3.50. The standard InChI is InChI=1S/C13H20N4O2S2/c1-8-5-20-12-10(8)11(16-9(2)17-12)15-6-13(3,4)7-21(14,18)19/h5H,6-7H2,1-4H3,(H2,14,18,19)(H,15,16,17). The first-order valence-corrected chi connectivity index (χ1v) is 9.14. The van der Waals surface area contributed by atoms with Gasteiger partial charge in [0.25, 0.3) is 0 Å². The number of primary sulfonamides is 1. The van der Waals surface area contributed by atoms with E-state index in [0.717, 1.165) is 21.6 Å². The monoisotopic (exact) mass is 328 g/mol. The van der Waals surface area contributed by atoms with E-state index in [-0.39, 0.29) is 5.75 Å². The van der Waals surface area contributed by atoms with Crippen LogP contribution in [0.4, 0.5) is 5.82 Å². The van der Waals surface area contributed by atoms with E-state index in [4.69, 9.17) is 5.14 Å². The lowest BCUT2D eigenvalue weighted by Gasteiger charge is -2.24.